The van der Waals surface area contributed by atoms with Crippen molar-refractivity contribution in [2.75, 3.05) is 0 Å². The summed E-state index contributed by atoms with van der Waals surface area (Å²) < 4.78 is 3.78. The Hall–Kier alpha value is -1.63. The number of hydrogen-bond donors (Lipinski definition) is 0. The Balaban J connectivity index is 2.19. The molecule has 2 heterocycles. The molecule has 0 aliphatic carbocycles. The van der Waals surface area contributed by atoms with Gasteiger partial charge in [-0.25, -0.2) is 4.98 Å². The number of aryl methyl sites for hydroxylation is 1. The first-order valence-electron chi connectivity index (χ1n) is 3.54. The Morgan fingerprint density at radius 3 is 3.15 bits per heavy atom. The molecule has 0 saturated carbocycles. The largest absolute Gasteiger partial charge is 0.221 e. The normalized spacial score (nSPS) is 11.2. The predicted octanol–water partition coefficient (Wildman–Crippen LogP) is 0.320. The number of nitrogens with zero attached hydrogens (tertiary/aromatic N) is 6. The van der Waals surface area contributed by atoms with E-state index in [0.717, 1.165) is 10.6 Å². The van der Waals surface area contributed by atoms with Gasteiger partial charge < -0.3 is 0 Å². The lowest BCUT2D eigenvalue weighted by atomic mass is 10.4. The van der Waals surface area contributed by atoms with Crippen LogP contribution in [0.5, 0.6) is 0 Å². The Bertz CT molecular complexity index is 402. The summed E-state index contributed by atoms with van der Waals surface area (Å²) in [6.07, 6.45) is 4.60. The van der Waals surface area contributed by atoms with E-state index >= 15 is 0 Å². The van der Waals surface area contributed by atoms with Gasteiger partial charge in [-0.3, -0.25) is 0 Å². The van der Waals surface area contributed by atoms with Gasteiger partial charge in [-0.05, 0) is 18.5 Å². The fourth-order valence-corrected chi connectivity index (χ4v) is 1.25. The van der Waals surface area contributed by atoms with Crippen LogP contribution >= 0.6 is 11.5 Å². The van der Waals surface area contributed by atoms with E-state index in [2.05, 4.69) is 24.8 Å². The predicted molar refractivity (Wildman–Crippen MR) is 47.7 cm³/mol. The van der Waals surface area contributed by atoms with Crippen LogP contribution in [0, 0.1) is 6.92 Å². The molecule has 0 aliphatic rings. The van der Waals surface area contributed by atoms with Gasteiger partial charge in [-0.1, -0.05) is 4.49 Å². The van der Waals surface area contributed by atoms with Gasteiger partial charge in [0.1, 0.15) is 12.7 Å². The summed E-state index contributed by atoms with van der Waals surface area (Å²) in [5.41, 5.74) is 0.869. The highest BCUT2D eigenvalue weighted by molar-refractivity contribution is 7.07. The maximum Gasteiger partial charge on any atom is 0.139 e. The molecule has 0 radical (unpaired) electrons. The van der Waals surface area contributed by atoms with Gasteiger partial charge in [0.15, 0.2) is 0 Å². The summed E-state index contributed by atoms with van der Waals surface area (Å²) in [5, 5.41) is 11.7. The van der Waals surface area contributed by atoms with Crippen LogP contribution in [-0.2, 0) is 0 Å². The quantitative estimate of drug-likeness (QED) is 0.645. The van der Waals surface area contributed by atoms with Crippen LogP contribution in [0.4, 0.5) is 0 Å². The number of rotatable bonds is 2. The molecule has 0 N–H and O–H groups in total. The molecule has 13 heavy (non-hydrogen) atoms. The van der Waals surface area contributed by atoms with Crippen molar-refractivity contribution < 1.29 is 0 Å². The van der Waals surface area contributed by atoms with E-state index < -0.39 is 0 Å². The molecule has 7 heteroatoms. The monoisotopic (exact) mass is 194 g/mol. The third-order valence-electron chi connectivity index (χ3n) is 1.39. The summed E-state index contributed by atoms with van der Waals surface area (Å²) >= 11 is 1.30. The second-order valence-electron chi connectivity index (χ2n) is 2.28. The van der Waals surface area contributed by atoms with Crippen LogP contribution in [0.1, 0.15) is 10.6 Å². The van der Waals surface area contributed by atoms with Gasteiger partial charge in [-0.2, -0.15) is 5.10 Å². The molecule has 0 fully saturated rings. The summed E-state index contributed by atoms with van der Waals surface area (Å²) in [5.74, 6) is 0. The SMILES string of the molecule is Cc1nnsc1/C=N/n1cncn1. The van der Waals surface area contributed by atoms with Crippen molar-refractivity contribution in [1.82, 2.24) is 24.5 Å². The van der Waals surface area contributed by atoms with Crippen molar-refractivity contribution in [3.8, 4) is 0 Å². The number of aromatic nitrogens is 5. The molecule has 66 valence electrons. The van der Waals surface area contributed by atoms with E-state index in [4.69, 9.17) is 0 Å². The summed E-state index contributed by atoms with van der Waals surface area (Å²) in [4.78, 5) is 6.06. The zero-order valence-corrected chi connectivity index (χ0v) is 7.64. The minimum atomic E-state index is 0.869. The van der Waals surface area contributed by atoms with Gasteiger partial charge in [-0.15, -0.1) is 15.0 Å². The second-order valence-corrected chi connectivity index (χ2v) is 3.07. The van der Waals surface area contributed by atoms with Crippen LogP contribution in [0.15, 0.2) is 17.8 Å². The van der Waals surface area contributed by atoms with Crippen molar-refractivity contribution in [2.45, 2.75) is 6.92 Å². The average molecular weight is 194 g/mol. The Morgan fingerprint density at radius 1 is 1.62 bits per heavy atom. The summed E-state index contributed by atoms with van der Waals surface area (Å²) in [6, 6.07) is 0. The van der Waals surface area contributed by atoms with Gasteiger partial charge in [0.25, 0.3) is 0 Å². The van der Waals surface area contributed by atoms with Crippen LogP contribution in [0.2, 0.25) is 0 Å². The molecule has 2 aromatic rings. The molecule has 0 unspecified atom stereocenters. The first kappa shape index (κ1) is 7.99. The molecular formula is C6H6N6S. The lowest BCUT2D eigenvalue weighted by Gasteiger charge is -1.86. The fraction of sp³-hybridized carbons (Fsp3) is 0.167. The van der Waals surface area contributed by atoms with E-state index in [9.17, 15) is 0 Å². The van der Waals surface area contributed by atoms with E-state index in [1.54, 1.807) is 6.21 Å². The van der Waals surface area contributed by atoms with Gasteiger partial charge in [0.05, 0.1) is 16.8 Å². The highest BCUT2D eigenvalue weighted by atomic mass is 32.1. The Labute approximate surface area is 78.1 Å². The molecule has 0 saturated heterocycles. The molecule has 0 atom stereocenters. The zero-order valence-electron chi connectivity index (χ0n) is 6.82. The highest BCUT2D eigenvalue weighted by Gasteiger charge is 1.98. The van der Waals surface area contributed by atoms with Crippen molar-refractivity contribution in [3.63, 3.8) is 0 Å². The standard InChI is InChI=1S/C6H6N6S/c1-5-6(13-11-10-5)2-8-12-4-7-3-9-12/h2-4H,1H3/b8-2+. The fourth-order valence-electron chi connectivity index (χ4n) is 0.731. The molecule has 0 aromatic carbocycles. The summed E-state index contributed by atoms with van der Waals surface area (Å²) in [7, 11) is 0. The zero-order chi connectivity index (χ0) is 9.10. The highest BCUT2D eigenvalue weighted by Crippen LogP contribution is 2.04. The molecule has 0 bridgehead atoms. The number of hydrogen-bond acceptors (Lipinski definition) is 6. The first-order chi connectivity index (χ1) is 6.36. The van der Waals surface area contributed by atoms with E-state index in [1.807, 2.05) is 6.92 Å². The molecule has 6 nitrogen and oxygen atoms in total. The van der Waals surface area contributed by atoms with Gasteiger partial charge in [0, 0.05) is 0 Å². The molecule has 0 amide bonds. The van der Waals surface area contributed by atoms with Crippen molar-refractivity contribution in [1.29, 1.82) is 0 Å². The molecule has 2 rings (SSSR count). The Morgan fingerprint density at radius 2 is 2.54 bits per heavy atom. The first-order valence-corrected chi connectivity index (χ1v) is 4.31. The van der Waals surface area contributed by atoms with Crippen LogP contribution < -0.4 is 0 Å². The summed E-state index contributed by atoms with van der Waals surface area (Å²) in [6.45, 7) is 1.88. The smallest absolute Gasteiger partial charge is 0.139 e. The lowest BCUT2D eigenvalue weighted by molar-refractivity contribution is 0.743. The van der Waals surface area contributed by atoms with Crippen LogP contribution in [0.3, 0.4) is 0 Å². The second kappa shape index (κ2) is 3.40. The lowest BCUT2D eigenvalue weighted by Crippen LogP contribution is -1.90. The van der Waals surface area contributed by atoms with Gasteiger partial charge >= 0.3 is 0 Å². The minimum Gasteiger partial charge on any atom is -0.221 e. The third kappa shape index (κ3) is 1.75. The maximum atomic E-state index is 4.02. The molecule has 0 spiro atoms. The topological polar surface area (TPSA) is 68.8 Å². The van der Waals surface area contributed by atoms with Crippen molar-refractivity contribution in [2.24, 2.45) is 5.10 Å². The van der Waals surface area contributed by atoms with E-state index in [-0.39, 0.29) is 0 Å². The minimum absolute atomic E-state index is 0.869. The molecule has 2 aromatic heterocycles. The van der Waals surface area contributed by atoms with E-state index in [0.29, 0.717) is 0 Å². The molecule has 0 aliphatic heterocycles. The van der Waals surface area contributed by atoms with Crippen molar-refractivity contribution in [3.05, 3.63) is 23.2 Å². The third-order valence-corrected chi connectivity index (χ3v) is 2.15. The van der Waals surface area contributed by atoms with Crippen molar-refractivity contribution >= 4 is 17.7 Å². The average Bonchev–Trinajstić information content (AvgIpc) is 2.72. The molecular weight excluding hydrogens is 188 g/mol. The van der Waals surface area contributed by atoms with Gasteiger partial charge in [0.2, 0.25) is 0 Å². The maximum absolute atomic E-state index is 4.02. The van der Waals surface area contributed by atoms with E-state index in [1.165, 1.54) is 29.0 Å². The van der Waals surface area contributed by atoms with Crippen LogP contribution in [0.25, 0.3) is 0 Å². The Kier molecular flexibility index (Phi) is 2.09. The van der Waals surface area contributed by atoms with Crippen LogP contribution in [-0.4, -0.2) is 30.7 Å².